The molecule has 0 unspecified atom stereocenters. The second kappa shape index (κ2) is 3.00. The number of phenols is 1. The van der Waals surface area contributed by atoms with E-state index in [0.717, 1.165) is 5.56 Å². The van der Waals surface area contributed by atoms with Crippen molar-refractivity contribution in [2.24, 2.45) is 5.18 Å². The maximum atomic E-state index is 10.1. The molecule has 0 aliphatic carbocycles. The molecule has 0 aromatic heterocycles. The number of halogens is 1. The predicted octanol–water partition coefficient (Wildman–Crippen LogP) is 2.86. The van der Waals surface area contributed by atoms with Gasteiger partial charge in [-0.1, -0.05) is 0 Å². The fraction of sp³-hybridized carbons (Fsp3) is 0.143. The SMILES string of the molecule is Cc1cc(Br)c(O)c(N=O)c1. The lowest BCUT2D eigenvalue weighted by Crippen LogP contribution is -1.74. The smallest absolute Gasteiger partial charge is 0.159 e. The third-order valence-corrected chi connectivity index (χ3v) is 1.89. The van der Waals surface area contributed by atoms with E-state index in [1.54, 1.807) is 6.07 Å². The zero-order valence-electron chi connectivity index (χ0n) is 5.84. The molecular weight excluding hydrogens is 210 g/mol. The summed E-state index contributed by atoms with van der Waals surface area (Å²) in [6.45, 7) is 1.82. The molecule has 0 atom stereocenters. The van der Waals surface area contributed by atoms with Gasteiger partial charge in [0.25, 0.3) is 0 Å². The largest absolute Gasteiger partial charge is 0.504 e. The molecule has 11 heavy (non-hydrogen) atoms. The lowest BCUT2D eigenvalue weighted by atomic mass is 10.2. The molecule has 0 saturated heterocycles. The van der Waals surface area contributed by atoms with Crippen LogP contribution in [0, 0.1) is 11.8 Å². The minimum absolute atomic E-state index is 0.0666. The summed E-state index contributed by atoms with van der Waals surface area (Å²) in [6.07, 6.45) is 0. The highest BCUT2D eigenvalue weighted by Gasteiger charge is 2.05. The molecule has 1 N–H and O–H groups in total. The molecule has 0 spiro atoms. The number of nitroso groups, excluding NO2 is 1. The van der Waals surface area contributed by atoms with Crippen LogP contribution < -0.4 is 0 Å². The Labute approximate surface area is 72.2 Å². The maximum Gasteiger partial charge on any atom is 0.159 e. The summed E-state index contributed by atoms with van der Waals surface area (Å²) in [5.41, 5.74) is 0.946. The van der Waals surface area contributed by atoms with Gasteiger partial charge in [-0.25, -0.2) is 0 Å². The molecule has 0 aliphatic rings. The van der Waals surface area contributed by atoms with E-state index >= 15 is 0 Å². The van der Waals surface area contributed by atoms with Gasteiger partial charge in [0.05, 0.1) is 4.47 Å². The molecule has 0 saturated carbocycles. The van der Waals surface area contributed by atoms with Crippen molar-refractivity contribution < 1.29 is 5.11 Å². The summed E-state index contributed by atoms with van der Waals surface area (Å²) in [7, 11) is 0. The topological polar surface area (TPSA) is 49.7 Å². The van der Waals surface area contributed by atoms with Gasteiger partial charge in [0.2, 0.25) is 0 Å². The van der Waals surface area contributed by atoms with E-state index in [4.69, 9.17) is 0 Å². The Morgan fingerprint density at radius 2 is 2.18 bits per heavy atom. The summed E-state index contributed by atoms with van der Waals surface area (Å²) < 4.78 is 0.493. The van der Waals surface area contributed by atoms with Gasteiger partial charge in [-0.3, -0.25) is 0 Å². The van der Waals surface area contributed by atoms with Crippen LogP contribution in [-0.4, -0.2) is 5.11 Å². The Morgan fingerprint density at radius 3 is 2.73 bits per heavy atom. The van der Waals surface area contributed by atoms with Gasteiger partial charge in [-0.2, -0.15) is 0 Å². The highest BCUT2D eigenvalue weighted by atomic mass is 79.9. The molecule has 3 nitrogen and oxygen atoms in total. The van der Waals surface area contributed by atoms with Gasteiger partial charge < -0.3 is 5.11 Å². The van der Waals surface area contributed by atoms with Crippen molar-refractivity contribution in [2.75, 3.05) is 0 Å². The molecule has 58 valence electrons. The molecule has 0 amide bonds. The zero-order chi connectivity index (χ0) is 8.43. The van der Waals surface area contributed by atoms with Gasteiger partial charge in [-0.05, 0) is 45.7 Å². The zero-order valence-corrected chi connectivity index (χ0v) is 7.42. The van der Waals surface area contributed by atoms with Crippen molar-refractivity contribution in [3.8, 4) is 5.75 Å². The van der Waals surface area contributed by atoms with Gasteiger partial charge in [0, 0.05) is 0 Å². The predicted molar refractivity (Wildman–Crippen MR) is 46.0 cm³/mol. The van der Waals surface area contributed by atoms with Gasteiger partial charge in [0.1, 0.15) is 0 Å². The van der Waals surface area contributed by atoms with Crippen LogP contribution in [-0.2, 0) is 0 Å². The molecule has 0 aliphatic heterocycles. The summed E-state index contributed by atoms with van der Waals surface area (Å²) >= 11 is 3.09. The number of rotatable bonds is 1. The fourth-order valence-corrected chi connectivity index (χ4v) is 1.35. The molecule has 1 rings (SSSR count). The first-order chi connectivity index (χ1) is 5.15. The van der Waals surface area contributed by atoms with Crippen LogP contribution in [0.5, 0.6) is 5.75 Å². The van der Waals surface area contributed by atoms with Crippen LogP contribution in [0.3, 0.4) is 0 Å². The quantitative estimate of drug-likeness (QED) is 0.733. The average Bonchev–Trinajstić information content (AvgIpc) is 1.96. The number of phenolic OH excluding ortho intramolecular Hbond substituents is 1. The van der Waals surface area contributed by atoms with E-state index in [9.17, 15) is 10.0 Å². The Bertz CT molecular complexity index is 299. The van der Waals surface area contributed by atoms with Crippen LogP contribution in [0.1, 0.15) is 5.56 Å². The third kappa shape index (κ3) is 1.57. The number of hydrogen-bond donors (Lipinski definition) is 1. The molecule has 0 fully saturated rings. The second-order valence-electron chi connectivity index (χ2n) is 2.21. The normalized spacial score (nSPS) is 9.64. The highest BCUT2D eigenvalue weighted by molar-refractivity contribution is 9.10. The molecule has 1 aromatic rings. The number of nitrogens with zero attached hydrogens (tertiary/aromatic N) is 1. The standard InChI is InChI=1S/C7H6BrNO2/c1-4-2-5(8)7(10)6(3-4)9-11/h2-3,10H,1H3. The van der Waals surface area contributed by atoms with Crippen LogP contribution in [0.2, 0.25) is 0 Å². The van der Waals surface area contributed by atoms with E-state index in [-0.39, 0.29) is 11.4 Å². The van der Waals surface area contributed by atoms with Gasteiger partial charge in [0.15, 0.2) is 11.4 Å². The molecule has 4 heteroatoms. The lowest BCUT2D eigenvalue weighted by Gasteiger charge is -1.99. The molecular formula is C7H6BrNO2. The molecule has 0 heterocycles. The first-order valence-electron chi connectivity index (χ1n) is 2.97. The van der Waals surface area contributed by atoms with E-state index in [0.29, 0.717) is 4.47 Å². The fourth-order valence-electron chi connectivity index (χ4n) is 0.786. The third-order valence-electron chi connectivity index (χ3n) is 1.29. The Hall–Kier alpha value is -0.900. The Kier molecular flexibility index (Phi) is 2.24. The van der Waals surface area contributed by atoms with Crippen molar-refractivity contribution in [3.05, 3.63) is 27.1 Å². The molecule has 1 aromatic carbocycles. The second-order valence-corrected chi connectivity index (χ2v) is 3.06. The van der Waals surface area contributed by atoms with Crippen LogP contribution >= 0.6 is 15.9 Å². The number of benzene rings is 1. The molecule has 0 bridgehead atoms. The first-order valence-corrected chi connectivity index (χ1v) is 3.77. The van der Waals surface area contributed by atoms with Crippen molar-refractivity contribution in [1.29, 1.82) is 0 Å². The first kappa shape index (κ1) is 8.20. The Balaban J connectivity index is 3.35. The van der Waals surface area contributed by atoms with Gasteiger partial charge >= 0.3 is 0 Å². The van der Waals surface area contributed by atoms with E-state index < -0.39 is 0 Å². The monoisotopic (exact) mass is 215 g/mol. The average molecular weight is 216 g/mol. The maximum absolute atomic E-state index is 10.1. The van der Waals surface area contributed by atoms with Crippen LogP contribution in [0.25, 0.3) is 0 Å². The van der Waals surface area contributed by atoms with Crippen molar-refractivity contribution in [1.82, 2.24) is 0 Å². The highest BCUT2D eigenvalue weighted by Crippen LogP contribution is 2.34. The minimum Gasteiger partial charge on any atom is -0.504 e. The van der Waals surface area contributed by atoms with Crippen molar-refractivity contribution in [3.63, 3.8) is 0 Å². The van der Waals surface area contributed by atoms with Crippen LogP contribution in [0.4, 0.5) is 5.69 Å². The van der Waals surface area contributed by atoms with Crippen molar-refractivity contribution in [2.45, 2.75) is 6.92 Å². The van der Waals surface area contributed by atoms with Gasteiger partial charge in [-0.15, -0.1) is 4.91 Å². The lowest BCUT2D eigenvalue weighted by molar-refractivity contribution is 0.473. The number of hydrogen-bond acceptors (Lipinski definition) is 3. The summed E-state index contributed by atoms with van der Waals surface area (Å²) in [5, 5.41) is 11.8. The summed E-state index contributed by atoms with van der Waals surface area (Å²) in [5.74, 6) is -0.106. The summed E-state index contributed by atoms with van der Waals surface area (Å²) in [6, 6.07) is 3.23. The van der Waals surface area contributed by atoms with E-state index in [1.807, 2.05) is 6.92 Å². The summed E-state index contributed by atoms with van der Waals surface area (Å²) in [4.78, 5) is 10.1. The van der Waals surface area contributed by atoms with Crippen LogP contribution in [0.15, 0.2) is 21.8 Å². The van der Waals surface area contributed by atoms with Crippen molar-refractivity contribution >= 4 is 21.6 Å². The number of aryl methyl sites for hydroxylation is 1. The minimum atomic E-state index is -0.106. The van der Waals surface area contributed by atoms with E-state index in [1.165, 1.54) is 6.07 Å². The van der Waals surface area contributed by atoms with E-state index in [2.05, 4.69) is 21.1 Å². The molecule has 0 radical (unpaired) electrons. The number of aromatic hydroxyl groups is 1. The Morgan fingerprint density at radius 1 is 1.55 bits per heavy atom.